The lowest BCUT2D eigenvalue weighted by Crippen LogP contribution is -2.34. The van der Waals surface area contributed by atoms with Crippen LogP contribution in [0.5, 0.6) is 5.75 Å². The van der Waals surface area contributed by atoms with Gasteiger partial charge in [0.25, 0.3) is 5.91 Å². The van der Waals surface area contributed by atoms with Crippen LogP contribution in [0.1, 0.15) is 47.4 Å². The van der Waals surface area contributed by atoms with E-state index in [0.29, 0.717) is 35.0 Å². The highest BCUT2D eigenvalue weighted by atomic mass is 32.1. The van der Waals surface area contributed by atoms with E-state index < -0.39 is 0 Å². The van der Waals surface area contributed by atoms with Crippen molar-refractivity contribution >= 4 is 55.9 Å². The Hall–Kier alpha value is -3.04. The fraction of sp³-hybridized carbons (Fsp3) is 0.273. The zero-order valence-corrected chi connectivity index (χ0v) is 18.9. The number of aromatic nitrogens is 1. The fourth-order valence-electron chi connectivity index (χ4n) is 2.66. The lowest BCUT2D eigenvalue weighted by molar-refractivity contribution is 0.0526. The van der Waals surface area contributed by atoms with Crippen LogP contribution >= 0.6 is 23.6 Å². The van der Waals surface area contributed by atoms with Crippen molar-refractivity contribution < 1.29 is 19.1 Å². The summed E-state index contributed by atoms with van der Waals surface area (Å²) in [6.45, 7) is 4.83. The summed E-state index contributed by atoms with van der Waals surface area (Å²) in [6, 6.07) is 12.0. The number of benzene rings is 2. The van der Waals surface area contributed by atoms with Gasteiger partial charge in [0, 0.05) is 5.56 Å². The molecule has 0 aliphatic rings. The van der Waals surface area contributed by atoms with Crippen molar-refractivity contribution in [3.63, 3.8) is 0 Å². The van der Waals surface area contributed by atoms with Gasteiger partial charge in [0.2, 0.25) is 0 Å². The number of thiocarbonyl (C=S) groups is 1. The van der Waals surface area contributed by atoms with E-state index in [1.54, 1.807) is 49.4 Å². The molecule has 0 saturated carbocycles. The summed E-state index contributed by atoms with van der Waals surface area (Å²) in [6.07, 6.45) is 2.05. The molecule has 0 aliphatic carbocycles. The molecule has 0 saturated heterocycles. The van der Waals surface area contributed by atoms with Gasteiger partial charge in [-0.15, -0.1) is 0 Å². The van der Waals surface area contributed by atoms with Crippen LogP contribution < -0.4 is 15.4 Å². The Labute approximate surface area is 189 Å². The van der Waals surface area contributed by atoms with Crippen molar-refractivity contribution in [1.29, 1.82) is 0 Å². The number of amides is 1. The average molecular weight is 458 g/mol. The normalized spacial score (nSPS) is 10.5. The maximum atomic E-state index is 12.4. The molecule has 162 valence electrons. The maximum Gasteiger partial charge on any atom is 0.338 e. The minimum atomic E-state index is -0.378. The van der Waals surface area contributed by atoms with Crippen LogP contribution in [0.15, 0.2) is 42.5 Å². The van der Waals surface area contributed by atoms with Crippen molar-refractivity contribution in [3.8, 4) is 5.75 Å². The summed E-state index contributed by atoms with van der Waals surface area (Å²) in [5.74, 6) is 0.0163. The van der Waals surface area contributed by atoms with E-state index >= 15 is 0 Å². The molecule has 0 fully saturated rings. The third-order valence-corrected chi connectivity index (χ3v) is 5.37. The first-order chi connectivity index (χ1) is 15.0. The molecule has 31 heavy (non-hydrogen) atoms. The Morgan fingerprint density at radius 1 is 1.10 bits per heavy atom. The SMILES string of the molecule is CCCCOc1ccc(C(=O)NC(=S)Nc2nc3ccc(C(=O)OCC)cc3s2)cc1. The molecule has 0 spiro atoms. The minimum Gasteiger partial charge on any atom is -0.494 e. The number of carbonyl (C=O) groups is 2. The summed E-state index contributed by atoms with van der Waals surface area (Å²) in [4.78, 5) is 28.7. The van der Waals surface area contributed by atoms with E-state index in [9.17, 15) is 9.59 Å². The minimum absolute atomic E-state index is 0.137. The van der Waals surface area contributed by atoms with Crippen molar-refractivity contribution in [2.75, 3.05) is 18.5 Å². The van der Waals surface area contributed by atoms with Gasteiger partial charge >= 0.3 is 5.97 Å². The number of anilines is 1. The van der Waals surface area contributed by atoms with Crippen molar-refractivity contribution in [2.45, 2.75) is 26.7 Å². The molecule has 3 aromatic rings. The second-order valence-corrected chi connectivity index (χ2v) is 8.00. The molecule has 0 atom stereocenters. The van der Waals surface area contributed by atoms with Crippen LogP contribution in [-0.4, -0.2) is 35.2 Å². The van der Waals surface area contributed by atoms with E-state index in [1.165, 1.54) is 11.3 Å². The van der Waals surface area contributed by atoms with E-state index in [-0.39, 0.29) is 17.0 Å². The number of esters is 1. The molecular weight excluding hydrogens is 434 g/mol. The topological polar surface area (TPSA) is 89.5 Å². The molecule has 0 bridgehead atoms. The van der Waals surface area contributed by atoms with Crippen molar-refractivity contribution in [1.82, 2.24) is 10.3 Å². The predicted octanol–water partition coefficient (Wildman–Crippen LogP) is 4.78. The van der Waals surface area contributed by atoms with Gasteiger partial charge in [-0.3, -0.25) is 10.1 Å². The predicted molar refractivity (Wildman–Crippen MR) is 126 cm³/mol. The number of nitrogens with one attached hydrogen (secondary N) is 2. The first-order valence-electron chi connectivity index (χ1n) is 9.93. The zero-order chi connectivity index (χ0) is 22.2. The van der Waals surface area contributed by atoms with E-state index in [2.05, 4.69) is 22.5 Å². The van der Waals surface area contributed by atoms with E-state index in [1.807, 2.05) is 0 Å². The first kappa shape index (κ1) is 22.6. The highest BCUT2D eigenvalue weighted by molar-refractivity contribution is 7.80. The van der Waals surface area contributed by atoms with Crippen molar-refractivity contribution in [2.24, 2.45) is 0 Å². The molecule has 1 aromatic heterocycles. The number of ether oxygens (including phenoxy) is 2. The number of thiazole rings is 1. The molecule has 9 heteroatoms. The smallest absolute Gasteiger partial charge is 0.338 e. The second-order valence-electron chi connectivity index (χ2n) is 6.56. The number of carbonyl (C=O) groups excluding carboxylic acids is 2. The third-order valence-electron chi connectivity index (χ3n) is 4.23. The first-order valence-corrected chi connectivity index (χ1v) is 11.2. The molecular formula is C22H23N3O4S2. The van der Waals surface area contributed by atoms with Gasteiger partial charge in [0.1, 0.15) is 5.75 Å². The Balaban J connectivity index is 1.59. The number of hydrogen-bond donors (Lipinski definition) is 2. The maximum absolute atomic E-state index is 12.4. The monoisotopic (exact) mass is 457 g/mol. The van der Waals surface area contributed by atoms with E-state index in [0.717, 1.165) is 23.3 Å². The molecule has 0 radical (unpaired) electrons. The molecule has 1 amide bonds. The average Bonchev–Trinajstić information content (AvgIpc) is 3.15. The van der Waals surface area contributed by atoms with E-state index in [4.69, 9.17) is 21.7 Å². The number of fused-ring (bicyclic) bond motifs is 1. The van der Waals surface area contributed by atoms with Gasteiger partial charge < -0.3 is 14.8 Å². The molecule has 0 aliphatic heterocycles. The van der Waals surface area contributed by atoms with Crippen LogP contribution in [0.4, 0.5) is 5.13 Å². The van der Waals surface area contributed by atoms with Crippen molar-refractivity contribution in [3.05, 3.63) is 53.6 Å². The number of unbranched alkanes of at least 4 members (excludes halogenated alkanes) is 1. The molecule has 1 heterocycles. The zero-order valence-electron chi connectivity index (χ0n) is 17.3. The second kappa shape index (κ2) is 10.8. The fourth-order valence-corrected chi connectivity index (χ4v) is 3.82. The highest BCUT2D eigenvalue weighted by Crippen LogP contribution is 2.27. The number of hydrogen-bond acceptors (Lipinski definition) is 7. The van der Waals surface area contributed by atoms with Gasteiger partial charge in [0.15, 0.2) is 10.2 Å². The van der Waals surface area contributed by atoms with Crippen LogP contribution in [0.3, 0.4) is 0 Å². The molecule has 3 rings (SSSR count). The largest absolute Gasteiger partial charge is 0.494 e. The summed E-state index contributed by atoms with van der Waals surface area (Å²) >= 11 is 6.56. The summed E-state index contributed by atoms with van der Waals surface area (Å²) < 4.78 is 11.4. The molecule has 2 N–H and O–H groups in total. The quantitative estimate of drug-likeness (QED) is 0.286. The van der Waals surface area contributed by atoms with Gasteiger partial charge in [-0.05, 0) is 68.0 Å². The highest BCUT2D eigenvalue weighted by Gasteiger charge is 2.13. The summed E-state index contributed by atoms with van der Waals surface area (Å²) in [7, 11) is 0. The Bertz CT molecular complexity index is 1080. The molecule has 0 unspecified atom stereocenters. The standard InChI is InChI=1S/C22H23N3O4S2/c1-3-5-12-29-16-9-6-14(7-10-16)19(26)24-21(30)25-22-23-17-11-8-15(13-18(17)31-22)20(27)28-4-2/h6-11,13H,3-5,12H2,1-2H3,(H2,23,24,25,26,30). The Kier molecular flexibility index (Phi) is 7.91. The third kappa shape index (κ3) is 6.22. The summed E-state index contributed by atoms with van der Waals surface area (Å²) in [5.41, 5.74) is 1.64. The van der Waals surface area contributed by atoms with Crippen LogP contribution in [0.2, 0.25) is 0 Å². The Morgan fingerprint density at radius 3 is 2.55 bits per heavy atom. The van der Waals surface area contributed by atoms with Gasteiger partial charge in [-0.1, -0.05) is 24.7 Å². The molecule has 2 aromatic carbocycles. The Morgan fingerprint density at radius 2 is 1.84 bits per heavy atom. The lowest BCUT2D eigenvalue weighted by atomic mass is 10.2. The summed E-state index contributed by atoms with van der Waals surface area (Å²) in [5, 5.41) is 6.21. The number of nitrogens with zero attached hydrogens (tertiary/aromatic N) is 1. The van der Waals surface area contributed by atoms with Gasteiger partial charge in [0.05, 0.1) is 29.0 Å². The van der Waals surface area contributed by atoms with Crippen LogP contribution in [0.25, 0.3) is 10.2 Å². The van der Waals surface area contributed by atoms with Crippen LogP contribution in [-0.2, 0) is 4.74 Å². The lowest BCUT2D eigenvalue weighted by Gasteiger charge is -2.08. The van der Waals surface area contributed by atoms with Gasteiger partial charge in [-0.25, -0.2) is 9.78 Å². The van der Waals surface area contributed by atoms with Crippen LogP contribution in [0, 0.1) is 0 Å². The van der Waals surface area contributed by atoms with Gasteiger partial charge in [-0.2, -0.15) is 0 Å². The number of rotatable bonds is 8. The molecule has 7 nitrogen and oxygen atoms in total.